The molecule has 7 heteroatoms. The Balaban J connectivity index is 1.49. The fourth-order valence-electron chi connectivity index (χ4n) is 2.79. The summed E-state index contributed by atoms with van der Waals surface area (Å²) in [6, 6.07) is 7.47. The van der Waals surface area contributed by atoms with Crippen molar-refractivity contribution in [2.24, 2.45) is 5.92 Å². The monoisotopic (exact) mass is 441 g/mol. The molecule has 0 radical (unpaired) electrons. The van der Waals surface area contributed by atoms with Gasteiger partial charge < -0.3 is 15.5 Å². The molecule has 144 valence electrons. The number of piperidine rings is 1. The van der Waals surface area contributed by atoms with Crippen molar-refractivity contribution in [2.45, 2.75) is 26.2 Å². The molecule has 26 heavy (non-hydrogen) atoms. The van der Waals surface area contributed by atoms with Gasteiger partial charge in [-0.15, -0.1) is 0 Å². The van der Waals surface area contributed by atoms with Gasteiger partial charge in [0, 0.05) is 35.4 Å². The molecule has 1 heterocycles. The highest BCUT2D eigenvalue weighted by molar-refractivity contribution is 9.10. The quantitative estimate of drug-likeness (QED) is 0.576. The number of hydrogen-bond donors (Lipinski definition) is 2. The van der Waals surface area contributed by atoms with E-state index in [1.165, 1.54) is 24.6 Å². The predicted octanol–water partition coefficient (Wildman–Crippen LogP) is 3.36. The van der Waals surface area contributed by atoms with E-state index in [4.69, 9.17) is 0 Å². The summed E-state index contributed by atoms with van der Waals surface area (Å²) in [5.74, 6) is 1.86. The number of halogens is 1. The third kappa shape index (κ3) is 8.56. The molecule has 1 saturated heterocycles. The van der Waals surface area contributed by atoms with Gasteiger partial charge in [0.05, 0.1) is 5.75 Å². The number of hydrogen-bond acceptors (Lipinski definition) is 4. The average molecular weight is 442 g/mol. The topological polar surface area (TPSA) is 61.4 Å². The molecular formula is C19H28BrN3O2S. The summed E-state index contributed by atoms with van der Waals surface area (Å²) in [7, 11) is 0. The fourth-order valence-corrected chi connectivity index (χ4v) is 3.78. The number of carbonyl (C=O) groups excluding carboxylic acids is 2. The normalized spacial score (nSPS) is 15.6. The third-order valence-electron chi connectivity index (χ3n) is 4.46. The second kappa shape index (κ2) is 11.6. The lowest BCUT2D eigenvalue weighted by Crippen LogP contribution is -2.39. The lowest BCUT2D eigenvalue weighted by Gasteiger charge is -2.30. The van der Waals surface area contributed by atoms with Crippen molar-refractivity contribution < 1.29 is 9.59 Å². The van der Waals surface area contributed by atoms with Gasteiger partial charge in [-0.25, -0.2) is 0 Å². The van der Waals surface area contributed by atoms with Crippen molar-refractivity contribution in [1.29, 1.82) is 0 Å². The van der Waals surface area contributed by atoms with Gasteiger partial charge in [0.2, 0.25) is 11.8 Å². The van der Waals surface area contributed by atoms with Crippen LogP contribution in [0.15, 0.2) is 28.7 Å². The van der Waals surface area contributed by atoms with E-state index < -0.39 is 0 Å². The Kier molecular flexibility index (Phi) is 9.50. The van der Waals surface area contributed by atoms with E-state index in [0.717, 1.165) is 35.7 Å². The van der Waals surface area contributed by atoms with Gasteiger partial charge in [-0.3, -0.25) is 9.59 Å². The van der Waals surface area contributed by atoms with Crippen LogP contribution in [0.25, 0.3) is 0 Å². The molecule has 2 rings (SSSR count). The Bertz CT molecular complexity index is 575. The maximum absolute atomic E-state index is 11.9. The van der Waals surface area contributed by atoms with Crippen molar-refractivity contribution in [3.8, 4) is 0 Å². The number of nitrogens with one attached hydrogen (secondary N) is 2. The van der Waals surface area contributed by atoms with Crippen LogP contribution in [-0.4, -0.2) is 54.4 Å². The summed E-state index contributed by atoms with van der Waals surface area (Å²) in [5, 5.41) is 5.82. The number of nitrogens with zero attached hydrogens (tertiary/aromatic N) is 1. The van der Waals surface area contributed by atoms with E-state index >= 15 is 0 Å². The Morgan fingerprint density at radius 1 is 1.19 bits per heavy atom. The second-order valence-electron chi connectivity index (χ2n) is 6.73. The summed E-state index contributed by atoms with van der Waals surface area (Å²) < 4.78 is 0.978. The molecule has 0 atom stereocenters. The number of carbonyl (C=O) groups is 2. The largest absolute Gasteiger partial charge is 0.355 e. The number of likely N-dealkylation sites (tertiary alicyclic amines) is 1. The van der Waals surface area contributed by atoms with Crippen molar-refractivity contribution >= 4 is 45.2 Å². The van der Waals surface area contributed by atoms with E-state index in [2.05, 4.69) is 38.4 Å². The fraction of sp³-hybridized carbons (Fsp3) is 0.579. The molecule has 1 aromatic rings. The molecule has 0 aliphatic carbocycles. The molecule has 0 bridgehead atoms. The summed E-state index contributed by atoms with van der Waals surface area (Å²) in [4.78, 5) is 26.1. The van der Waals surface area contributed by atoms with Crippen molar-refractivity contribution in [1.82, 2.24) is 10.2 Å². The minimum atomic E-state index is -0.0444. The average Bonchev–Trinajstić information content (AvgIpc) is 2.62. The summed E-state index contributed by atoms with van der Waals surface area (Å²) in [6.45, 7) is 6.22. The van der Waals surface area contributed by atoms with Gasteiger partial charge in [0.25, 0.3) is 0 Å². The van der Waals surface area contributed by atoms with Gasteiger partial charge in [-0.2, -0.15) is 11.8 Å². The van der Waals surface area contributed by atoms with Crippen LogP contribution in [0.5, 0.6) is 0 Å². The van der Waals surface area contributed by atoms with Gasteiger partial charge in [0.1, 0.15) is 0 Å². The standard InChI is InChI=1S/C19H28BrN3O2S/c1-15-6-10-23(11-7-15)12-9-21-18(24)8-13-26-14-19(25)22-17-4-2-16(20)3-5-17/h2-5,15H,6-14H2,1H3,(H,21,24)(H,22,25). The van der Waals surface area contributed by atoms with Crippen LogP contribution in [0.4, 0.5) is 5.69 Å². The number of benzene rings is 1. The Hall–Kier alpha value is -1.05. The Morgan fingerprint density at radius 3 is 2.58 bits per heavy atom. The second-order valence-corrected chi connectivity index (χ2v) is 8.75. The summed E-state index contributed by atoms with van der Waals surface area (Å²) in [5.41, 5.74) is 0.781. The van der Waals surface area contributed by atoms with Crippen LogP contribution < -0.4 is 10.6 Å². The van der Waals surface area contributed by atoms with Crippen LogP contribution >= 0.6 is 27.7 Å². The summed E-state index contributed by atoms with van der Waals surface area (Å²) >= 11 is 4.84. The number of thioether (sulfide) groups is 1. The first kappa shape index (κ1) is 21.3. The zero-order valence-electron chi connectivity index (χ0n) is 15.3. The van der Waals surface area contributed by atoms with Crippen LogP contribution in [0.2, 0.25) is 0 Å². The summed E-state index contributed by atoms with van der Waals surface area (Å²) in [6.07, 6.45) is 2.97. The molecular weight excluding hydrogens is 414 g/mol. The maximum Gasteiger partial charge on any atom is 0.234 e. The molecule has 1 aliphatic heterocycles. The van der Waals surface area contributed by atoms with E-state index in [1.54, 1.807) is 0 Å². The number of rotatable bonds is 9. The molecule has 1 aliphatic rings. The van der Waals surface area contributed by atoms with Crippen LogP contribution in [0.3, 0.4) is 0 Å². The smallest absolute Gasteiger partial charge is 0.234 e. The minimum absolute atomic E-state index is 0.0444. The van der Waals surface area contributed by atoms with Crippen molar-refractivity contribution in [3.63, 3.8) is 0 Å². The zero-order valence-corrected chi connectivity index (χ0v) is 17.7. The SMILES string of the molecule is CC1CCN(CCNC(=O)CCSCC(=O)Nc2ccc(Br)cc2)CC1. The highest BCUT2D eigenvalue weighted by Gasteiger charge is 2.15. The van der Waals surface area contributed by atoms with Crippen LogP contribution in [-0.2, 0) is 9.59 Å². The van der Waals surface area contributed by atoms with Gasteiger partial charge in [-0.1, -0.05) is 22.9 Å². The first-order valence-corrected chi connectivity index (χ1v) is 11.1. The third-order valence-corrected chi connectivity index (χ3v) is 5.95. The van der Waals surface area contributed by atoms with E-state index in [-0.39, 0.29) is 11.8 Å². The van der Waals surface area contributed by atoms with E-state index in [1.807, 2.05) is 24.3 Å². The maximum atomic E-state index is 11.9. The highest BCUT2D eigenvalue weighted by Crippen LogP contribution is 2.15. The Labute approximate surface area is 168 Å². The zero-order chi connectivity index (χ0) is 18.8. The molecule has 1 aromatic carbocycles. The molecule has 0 saturated carbocycles. The molecule has 0 unspecified atom stereocenters. The minimum Gasteiger partial charge on any atom is -0.355 e. The van der Waals surface area contributed by atoms with E-state index in [9.17, 15) is 9.59 Å². The first-order valence-electron chi connectivity index (χ1n) is 9.15. The lowest BCUT2D eigenvalue weighted by atomic mass is 9.99. The van der Waals surface area contributed by atoms with Gasteiger partial charge in [-0.05, 0) is 56.1 Å². The van der Waals surface area contributed by atoms with E-state index in [0.29, 0.717) is 24.5 Å². The van der Waals surface area contributed by atoms with Crippen molar-refractivity contribution in [2.75, 3.05) is 43.0 Å². The number of anilines is 1. The van der Waals surface area contributed by atoms with Crippen molar-refractivity contribution in [3.05, 3.63) is 28.7 Å². The predicted molar refractivity (Wildman–Crippen MR) is 113 cm³/mol. The highest BCUT2D eigenvalue weighted by atomic mass is 79.9. The first-order chi connectivity index (χ1) is 12.5. The Morgan fingerprint density at radius 2 is 1.88 bits per heavy atom. The molecule has 0 spiro atoms. The molecule has 1 fully saturated rings. The van der Waals surface area contributed by atoms with Crippen LogP contribution in [0.1, 0.15) is 26.2 Å². The van der Waals surface area contributed by atoms with Crippen LogP contribution in [0, 0.1) is 5.92 Å². The molecule has 2 N–H and O–H groups in total. The lowest BCUT2D eigenvalue weighted by molar-refractivity contribution is -0.120. The molecule has 0 aromatic heterocycles. The van der Waals surface area contributed by atoms with Gasteiger partial charge in [0.15, 0.2) is 0 Å². The molecule has 5 nitrogen and oxygen atoms in total. The number of amides is 2. The molecule has 2 amide bonds. The van der Waals surface area contributed by atoms with Gasteiger partial charge >= 0.3 is 0 Å².